The van der Waals surface area contributed by atoms with Gasteiger partial charge < -0.3 is 0 Å². The minimum atomic E-state index is -0.166. The molecule has 0 rings (SSSR count). The lowest BCUT2D eigenvalue weighted by molar-refractivity contribution is -0.122. The summed E-state index contributed by atoms with van der Waals surface area (Å²) in [5, 5.41) is 7.90. The summed E-state index contributed by atoms with van der Waals surface area (Å²) >= 11 is 0. The van der Waals surface area contributed by atoms with E-state index in [1.165, 1.54) is 0 Å². The minimum Gasteiger partial charge on any atom is -0.273 e. The van der Waals surface area contributed by atoms with E-state index in [2.05, 4.69) is 48.7 Å². The van der Waals surface area contributed by atoms with Crippen LogP contribution >= 0.6 is 0 Å². The van der Waals surface area contributed by atoms with Gasteiger partial charge >= 0.3 is 0 Å². The van der Waals surface area contributed by atoms with E-state index in [4.69, 9.17) is 0 Å². The van der Waals surface area contributed by atoms with E-state index in [-0.39, 0.29) is 24.7 Å². The summed E-state index contributed by atoms with van der Waals surface area (Å²) in [5.74, 6) is 0.462. The van der Waals surface area contributed by atoms with Crippen molar-refractivity contribution in [2.24, 2.45) is 22.0 Å². The van der Waals surface area contributed by atoms with Crippen LogP contribution in [0.25, 0.3) is 0 Å². The van der Waals surface area contributed by atoms with E-state index in [1.54, 1.807) is 12.4 Å². The van der Waals surface area contributed by atoms with Crippen molar-refractivity contribution in [1.29, 1.82) is 0 Å². The molecule has 0 spiro atoms. The van der Waals surface area contributed by atoms with Crippen molar-refractivity contribution < 1.29 is 9.59 Å². The Hall–Kier alpha value is -1.72. The summed E-state index contributed by atoms with van der Waals surface area (Å²) in [6.07, 6.45) is 8.63. The highest BCUT2D eigenvalue weighted by atomic mass is 16.2. The van der Waals surface area contributed by atoms with Crippen LogP contribution in [0.4, 0.5) is 0 Å². The van der Waals surface area contributed by atoms with E-state index < -0.39 is 0 Å². The Balaban J connectivity index is 3.84. The summed E-state index contributed by atoms with van der Waals surface area (Å²) in [7, 11) is 0. The summed E-state index contributed by atoms with van der Waals surface area (Å²) in [4.78, 5) is 23.2. The first-order valence-corrected chi connectivity index (χ1v) is 8.71. The highest BCUT2D eigenvalue weighted by Gasteiger charge is 2.05. The topological polar surface area (TPSA) is 82.9 Å². The maximum Gasteiger partial charge on any atom is 0.240 e. The van der Waals surface area contributed by atoms with Crippen molar-refractivity contribution in [2.45, 2.75) is 72.6 Å². The highest BCUT2D eigenvalue weighted by Crippen LogP contribution is 2.04. The van der Waals surface area contributed by atoms with Gasteiger partial charge in [0, 0.05) is 25.3 Å². The van der Waals surface area contributed by atoms with E-state index in [9.17, 15) is 9.59 Å². The molecule has 0 atom stereocenters. The number of nitrogens with zero attached hydrogens (tertiary/aromatic N) is 2. The predicted molar refractivity (Wildman–Crippen MR) is 95.3 cm³/mol. The molecule has 0 aromatic carbocycles. The van der Waals surface area contributed by atoms with Gasteiger partial charge in [-0.25, -0.2) is 10.9 Å². The van der Waals surface area contributed by atoms with E-state index in [0.717, 1.165) is 25.7 Å². The Labute approximate surface area is 140 Å². The van der Waals surface area contributed by atoms with Gasteiger partial charge in [0.15, 0.2) is 0 Å². The Morgan fingerprint density at radius 2 is 1.13 bits per heavy atom. The Kier molecular flexibility index (Phi) is 12.9. The van der Waals surface area contributed by atoms with Crippen LogP contribution in [0.2, 0.25) is 0 Å². The number of carbonyl (C=O) groups is 2. The van der Waals surface area contributed by atoms with Gasteiger partial charge in [0.2, 0.25) is 11.8 Å². The lowest BCUT2D eigenvalue weighted by atomic mass is 10.1. The lowest BCUT2D eigenvalue weighted by Crippen LogP contribution is -2.21. The number of nitrogens with one attached hydrogen (secondary N) is 2. The summed E-state index contributed by atoms with van der Waals surface area (Å²) < 4.78 is 0. The maximum absolute atomic E-state index is 11.6. The summed E-state index contributed by atoms with van der Waals surface area (Å²) in [6.45, 7) is 8.36. The molecule has 0 aromatic rings. The van der Waals surface area contributed by atoms with Gasteiger partial charge in [0.1, 0.15) is 0 Å². The zero-order valence-electron chi connectivity index (χ0n) is 15.0. The second-order valence-corrected chi connectivity index (χ2v) is 5.63. The summed E-state index contributed by atoms with van der Waals surface area (Å²) in [6, 6.07) is 0. The first-order valence-electron chi connectivity index (χ1n) is 8.71. The first kappa shape index (κ1) is 21.3. The van der Waals surface area contributed by atoms with Crippen LogP contribution in [0, 0.1) is 11.8 Å². The van der Waals surface area contributed by atoms with Crippen LogP contribution < -0.4 is 10.9 Å². The molecule has 132 valence electrons. The van der Waals surface area contributed by atoms with Crippen molar-refractivity contribution in [2.75, 3.05) is 0 Å². The van der Waals surface area contributed by atoms with Gasteiger partial charge in [0.05, 0.1) is 0 Å². The third kappa shape index (κ3) is 11.5. The van der Waals surface area contributed by atoms with Gasteiger partial charge in [-0.1, -0.05) is 27.7 Å². The highest BCUT2D eigenvalue weighted by molar-refractivity contribution is 5.79. The maximum atomic E-state index is 11.6. The molecule has 6 heteroatoms. The Morgan fingerprint density at radius 1 is 0.783 bits per heavy atom. The monoisotopic (exact) mass is 324 g/mol. The summed E-state index contributed by atoms with van der Waals surface area (Å²) in [5.41, 5.74) is 5.00. The zero-order valence-corrected chi connectivity index (χ0v) is 15.0. The van der Waals surface area contributed by atoms with Gasteiger partial charge in [-0.15, -0.1) is 0 Å². The van der Waals surface area contributed by atoms with Crippen LogP contribution in [0.5, 0.6) is 0 Å². The quantitative estimate of drug-likeness (QED) is 0.427. The van der Waals surface area contributed by atoms with Gasteiger partial charge in [-0.3, -0.25) is 9.59 Å². The fraction of sp³-hybridized carbons (Fsp3) is 0.765. The van der Waals surface area contributed by atoms with Crippen molar-refractivity contribution in [3.05, 3.63) is 0 Å². The number of hydrogen-bond donors (Lipinski definition) is 2. The van der Waals surface area contributed by atoms with Crippen LogP contribution in [0.3, 0.4) is 0 Å². The molecule has 0 aliphatic heterocycles. The minimum absolute atomic E-state index is 0.166. The van der Waals surface area contributed by atoms with Crippen molar-refractivity contribution >= 4 is 24.2 Å². The molecule has 23 heavy (non-hydrogen) atoms. The molecule has 6 nitrogen and oxygen atoms in total. The Morgan fingerprint density at radius 3 is 1.43 bits per heavy atom. The normalized spacial score (nSPS) is 11.7. The molecule has 0 unspecified atom stereocenters. The first-order chi connectivity index (χ1) is 11.1. The second kappa shape index (κ2) is 13.9. The van der Waals surface area contributed by atoms with E-state index in [0.29, 0.717) is 18.3 Å². The molecular weight excluding hydrogens is 292 g/mol. The third-order valence-corrected chi connectivity index (χ3v) is 3.85. The molecule has 2 amide bonds. The van der Waals surface area contributed by atoms with Gasteiger partial charge in [-0.2, -0.15) is 10.2 Å². The SMILES string of the molecule is CCC(/C=N/NC(=O)CCCC(=O)N/N=C/C(CC)CC)CC. The molecule has 0 fully saturated rings. The molecule has 0 heterocycles. The number of hydrogen-bond acceptors (Lipinski definition) is 4. The molecule has 0 aromatic heterocycles. The zero-order chi connectivity index (χ0) is 17.5. The predicted octanol–water partition coefficient (Wildman–Crippen LogP) is 3.23. The van der Waals surface area contributed by atoms with Crippen molar-refractivity contribution in [3.63, 3.8) is 0 Å². The second-order valence-electron chi connectivity index (χ2n) is 5.63. The van der Waals surface area contributed by atoms with E-state index in [1.807, 2.05) is 0 Å². The number of amides is 2. The molecule has 0 radical (unpaired) electrons. The fourth-order valence-corrected chi connectivity index (χ4v) is 1.95. The molecule has 2 N–H and O–H groups in total. The van der Waals surface area contributed by atoms with Crippen LogP contribution in [0.1, 0.15) is 72.6 Å². The average Bonchev–Trinajstić information content (AvgIpc) is 2.55. The number of rotatable bonds is 12. The molecule has 0 saturated carbocycles. The Bertz CT molecular complexity index is 350. The van der Waals surface area contributed by atoms with Crippen LogP contribution in [-0.4, -0.2) is 24.2 Å². The van der Waals surface area contributed by atoms with Crippen molar-refractivity contribution in [3.8, 4) is 0 Å². The molecule has 0 aliphatic rings. The fourth-order valence-electron chi connectivity index (χ4n) is 1.95. The number of carbonyl (C=O) groups excluding carboxylic acids is 2. The van der Waals surface area contributed by atoms with E-state index >= 15 is 0 Å². The van der Waals surface area contributed by atoms with Crippen molar-refractivity contribution in [1.82, 2.24) is 10.9 Å². The molecule has 0 aliphatic carbocycles. The molecule has 0 saturated heterocycles. The van der Waals surface area contributed by atoms with Gasteiger partial charge in [-0.05, 0) is 43.9 Å². The van der Waals surface area contributed by atoms with Gasteiger partial charge in [0.25, 0.3) is 0 Å². The average molecular weight is 324 g/mol. The number of hydrazone groups is 2. The van der Waals surface area contributed by atoms with Crippen LogP contribution in [-0.2, 0) is 9.59 Å². The van der Waals surface area contributed by atoms with Crippen LogP contribution in [0.15, 0.2) is 10.2 Å². The largest absolute Gasteiger partial charge is 0.273 e. The third-order valence-electron chi connectivity index (χ3n) is 3.85. The molecule has 0 bridgehead atoms. The standard InChI is InChI=1S/C17H32N4O2/c1-5-14(6-2)12-18-20-16(22)10-9-11-17(23)21-19-13-15(7-3)8-4/h12-15H,5-11H2,1-4H3,(H,20,22)(H,21,23)/b18-12+,19-13+. The smallest absolute Gasteiger partial charge is 0.240 e. The molecular formula is C17H32N4O2. The lowest BCUT2D eigenvalue weighted by Gasteiger charge is -2.05.